The second-order valence-electron chi connectivity index (χ2n) is 8.73. The maximum atomic E-state index is 13.8. The van der Waals surface area contributed by atoms with Crippen LogP contribution in [-0.2, 0) is 20.6 Å². The number of halogens is 1. The van der Waals surface area contributed by atoms with Gasteiger partial charge in [-0.2, -0.15) is 0 Å². The quantitative estimate of drug-likeness (QED) is 0.499. The molecule has 1 amide bonds. The monoisotopic (exact) mass is 476 g/mol. The summed E-state index contributed by atoms with van der Waals surface area (Å²) in [5.74, 6) is -0.0382. The number of hydrogen-bond acceptors (Lipinski definition) is 3. The third-order valence-corrected chi connectivity index (χ3v) is 8.24. The van der Waals surface area contributed by atoms with Gasteiger partial charge in [-0.1, -0.05) is 51.5 Å². The molecule has 0 saturated carbocycles. The lowest BCUT2D eigenvalue weighted by atomic mass is 9.78. The van der Waals surface area contributed by atoms with Crippen molar-refractivity contribution in [2.45, 2.75) is 65.6 Å². The van der Waals surface area contributed by atoms with Gasteiger partial charge in [-0.05, 0) is 67.5 Å². The van der Waals surface area contributed by atoms with Gasteiger partial charge in [0.15, 0.2) is 0 Å². The number of nitrogens with one attached hydrogen (secondary N) is 1. The van der Waals surface area contributed by atoms with Crippen molar-refractivity contribution in [2.24, 2.45) is 5.41 Å². The Morgan fingerprint density at radius 1 is 1.27 bits per heavy atom. The van der Waals surface area contributed by atoms with Gasteiger partial charge < -0.3 is 5.32 Å². The minimum Gasteiger partial charge on any atom is -0.356 e. The van der Waals surface area contributed by atoms with Crippen LogP contribution in [-0.4, -0.2) is 27.9 Å². The lowest BCUT2D eigenvalue weighted by molar-refractivity contribution is -0.128. The van der Waals surface area contributed by atoms with Crippen LogP contribution in [0.25, 0.3) is 5.57 Å². The first kappa shape index (κ1) is 26.8. The SMILES string of the molecule is C=C/C(=C(C)\C(F)=C/C)c1ccc2c(c1)CS(=O)(=O)N2C.CCCC1(CCC)CCNC1=O. The maximum Gasteiger partial charge on any atom is 0.239 e. The van der Waals surface area contributed by atoms with Crippen molar-refractivity contribution in [1.82, 2.24) is 5.32 Å². The van der Waals surface area contributed by atoms with Crippen LogP contribution in [0.4, 0.5) is 10.1 Å². The second-order valence-corrected chi connectivity index (χ2v) is 10.7. The highest BCUT2D eigenvalue weighted by atomic mass is 32.2. The summed E-state index contributed by atoms with van der Waals surface area (Å²) in [5.41, 5.74) is 3.32. The molecule has 0 aromatic heterocycles. The van der Waals surface area contributed by atoms with Crippen LogP contribution in [0.2, 0.25) is 0 Å². The number of benzene rings is 1. The highest BCUT2D eigenvalue weighted by Crippen LogP contribution is 2.37. The van der Waals surface area contributed by atoms with Gasteiger partial charge in [0.1, 0.15) is 5.83 Å². The highest BCUT2D eigenvalue weighted by molar-refractivity contribution is 7.92. The molecule has 0 atom stereocenters. The molecule has 0 bridgehead atoms. The third kappa shape index (κ3) is 5.75. The van der Waals surface area contributed by atoms with Gasteiger partial charge in [0.2, 0.25) is 15.9 Å². The van der Waals surface area contributed by atoms with Gasteiger partial charge in [-0.15, -0.1) is 0 Å². The lowest BCUT2D eigenvalue weighted by Crippen LogP contribution is -2.30. The van der Waals surface area contributed by atoms with E-state index in [1.165, 1.54) is 17.4 Å². The summed E-state index contributed by atoms with van der Waals surface area (Å²) in [5, 5.41) is 2.94. The van der Waals surface area contributed by atoms with Crippen LogP contribution in [0.5, 0.6) is 0 Å². The molecule has 2 heterocycles. The Labute approximate surface area is 198 Å². The molecule has 33 heavy (non-hydrogen) atoms. The first-order chi connectivity index (χ1) is 15.6. The minimum atomic E-state index is -3.27. The number of carbonyl (C=O) groups excluding carboxylic acids is 1. The Morgan fingerprint density at radius 2 is 1.91 bits per heavy atom. The van der Waals surface area contributed by atoms with E-state index < -0.39 is 10.0 Å². The molecule has 5 nitrogen and oxygen atoms in total. The molecule has 1 aromatic carbocycles. The summed E-state index contributed by atoms with van der Waals surface area (Å²) < 4.78 is 38.8. The fourth-order valence-corrected chi connectivity index (χ4v) is 6.02. The number of carbonyl (C=O) groups is 1. The van der Waals surface area contributed by atoms with E-state index in [0.717, 1.165) is 49.8 Å². The average Bonchev–Trinajstić information content (AvgIpc) is 3.24. The number of sulfonamides is 1. The molecule has 7 heteroatoms. The van der Waals surface area contributed by atoms with Crippen LogP contribution in [0, 0.1) is 5.41 Å². The van der Waals surface area contributed by atoms with Crippen LogP contribution in [0.1, 0.15) is 70.9 Å². The topological polar surface area (TPSA) is 66.5 Å². The van der Waals surface area contributed by atoms with Gasteiger partial charge in [-0.3, -0.25) is 9.10 Å². The van der Waals surface area contributed by atoms with Crippen molar-refractivity contribution in [3.8, 4) is 0 Å². The van der Waals surface area contributed by atoms with Crippen molar-refractivity contribution < 1.29 is 17.6 Å². The van der Waals surface area contributed by atoms with E-state index in [-0.39, 0.29) is 17.0 Å². The van der Waals surface area contributed by atoms with Crippen molar-refractivity contribution in [2.75, 3.05) is 17.9 Å². The molecule has 1 fully saturated rings. The zero-order chi connectivity index (χ0) is 24.8. The Kier molecular flexibility index (Phi) is 9.06. The first-order valence-corrected chi connectivity index (χ1v) is 13.2. The normalized spacial score (nSPS) is 19.3. The van der Waals surface area contributed by atoms with Crippen molar-refractivity contribution in [3.63, 3.8) is 0 Å². The summed E-state index contributed by atoms with van der Waals surface area (Å²) in [6, 6.07) is 5.33. The average molecular weight is 477 g/mol. The number of nitrogens with zero attached hydrogens (tertiary/aromatic N) is 1. The van der Waals surface area contributed by atoms with E-state index >= 15 is 0 Å². The number of anilines is 1. The standard InChI is InChI=1S/C16H18FNO2S.C10H19NO/c1-5-14(11(3)15(17)6-2)12-7-8-16-13(9-12)10-21(19,20)18(16)4;1-3-5-10(6-4-2)7-8-11-9(10)12/h5-9H,1,10H2,2-4H3;3-8H2,1-2H3,(H,11,12)/b14-11+,15-6+;. The second kappa shape index (κ2) is 11.1. The maximum absolute atomic E-state index is 13.8. The summed E-state index contributed by atoms with van der Waals surface area (Å²) in [7, 11) is -1.73. The van der Waals surface area contributed by atoms with Crippen LogP contribution in [0.3, 0.4) is 0 Å². The van der Waals surface area contributed by atoms with E-state index in [4.69, 9.17) is 0 Å². The molecule has 0 aliphatic carbocycles. The molecule has 1 aromatic rings. The number of amides is 1. The van der Waals surface area contributed by atoms with Crippen LogP contribution < -0.4 is 9.62 Å². The number of fused-ring (bicyclic) bond motifs is 1. The highest BCUT2D eigenvalue weighted by Gasteiger charge is 2.40. The smallest absolute Gasteiger partial charge is 0.239 e. The summed E-state index contributed by atoms with van der Waals surface area (Å²) >= 11 is 0. The van der Waals surface area contributed by atoms with Gasteiger partial charge in [0.25, 0.3) is 0 Å². The molecule has 1 N–H and O–H groups in total. The Balaban J connectivity index is 0.000000273. The van der Waals surface area contributed by atoms with Crippen molar-refractivity contribution >= 4 is 27.2 Å². The van der Waals surface area contributed by atoms with E-state index in [1.807, 2.05) is 0 Å². The molecule has 0 spiro atoms. The van der Waals surface area contributed by atoms with Crippen molar-refractivity contribution in [3.05, 3.63) is 59.5 Å². The fraction of sp³-hybridized carbons (Fsp3) is 0.500. The molecular formula is C26H37FN2O3S. The van der Waals surface area contributed by atoms with E-state index in [1.54, 1.807) is 38.1 Å². The first-order valence-electron chi connectivity index (χ1n) is 11.6. The molecule has 182 valence electrons. The van der Waals surface area contributed by atoms with Gasteiger partial charge in [-0.25, -0.2) is 12.8 Å². The summed E-state index contributed by atoms with van der Waals surface area (Å²) in [6.45, 7) is 12.2. The number of hydrogen-bond donors (Lipinski definition) is 1. The third-order valence-electron chi connectivity index (χ3n) is 6.53. The fourth-order valence-electron chi connectivity index (χ4n) is 4.73. The lowest BCUT2D eigenvalue weighted by Gasteiger charge is -2.24. The largest absolute Gasteiger partial charge is 0.356 e. The molecule has 3 rings (SSSR count). The molecule has 2 aliphatic rings. The van der Waals surface area contributed by atoms with Crippen LogP contribution >= 0.6 is 0 Å². The Morgan fingerprint density at radius 3 is 2.39 bits per heavy atom. The van der Waals surface area contributed by atoms with Crippen LogP contribution in [0.15, 0.2) is 48.3 Å². The Bertz CT molecular complexity index is 1050. The molecule has 2 aliphatic heterocycles. The Hall–Kier alpha value is -2.41. The summed E-state index contributed by atoms with van der Waals surface area (Å²) in [6.07, 6.45) is 8.39. The van der Waals surface area contributed by atoms with Gasteiger partial charge in [0, 0.05) is 13.6 Å². The van der Waals surface area contributed by atoms with Gasteiger partial charge in [0.05, 0.1) is 16.9 Å². The van der Waals surface area contributed by atoms with Gasteiger partial charge >= 0.3 is 0 Å². The molecule has 0 radical (unpaired) electrons. The van der Waals surface area contributed by atoms with E-state index in [0.29, 0.717) is 22.7 Å². The molecule has 1 saturated heterocycles. The number of rotatable bonds is 7. The van der Waals surface area contributed by atoms with E-state index in [2.05, 4.69) is 25.7 Å². The predicted molar refractivity (Wildman–Crippen MR) is 135 cm³/mol. The molecular weight excluding hydrogens is 439 g/mol. The zero-order valence-electron chi connectivity index (χ0n) is 20.5. The van der Waals surface area contributed by atoms with E-state index in [9.17, 15) is 17.6 Å². The van der Waals surface area contributed by atoms with Crippen molar-refractivity contribution in [1.29, 1.82) is 0 Å². The number of allylic oxidation sites excluding steroid dienone is 5. The zero-order valence-corrected chi connectivity index (χ0v) is 21.3. The predicted octanol–water partition coefficient (Wildman–Crippen LogP) is 5.89. The molecule has 0 unspecified atom stereocenters. The minimum absolute atomic E-state index is 0.00347. The summed E-state index contributed by atoms with van der Waals surface area (Å²) in [4.78, 5) is 11.6.